The first-order chi connectivity index (χ1) is 13.6. The average Bonchev–Trinajstić information content (AvgIpc) is 3.11. The van der Waals surface area contributed by atoms with E-state index in [0.717, 1.165) is 48.6 Å². The lowest BCUT2D eigenvalue weighted by atomic mass is 9.91. The van der Waals surface area contributed by atoms with Crippen molar-refractivity contribution in [2.24, 2.45) is 0 Å². The van der Waals surface area contributed by atoms with Gasteiger partial charge in [0.15, 0.2) is 0 Å². The minimum absolute atomic E-state index is 0.114. The zero-order valence-corrected chi connectivity index (χ0v) is 16.9. The molecule has 8 nitrogen and oxygen atoms in total. The first-order valence-corrected chi connectivity index (χ1v) is 9.72. The van der Waals surface area contributed by atoms with Gasteiger partial charge in [0.25, 0.3) is 0 Å². The average molecular weight is 387 g/mol. The van der Waals surface area contributed by atoms with Crippen molar-refractivity contribution < 1.29 is 14.3 Å². The first-order valence-electron chi connectivity index (χ1n) is 9.72. The van der Waals surface area contributed by atoms with Gasteiger partial charge < -0.3 is 14.4 Å². The number of piperidine rings is 1. The molecule has 0 N–H and O–H groups in total. The van der Waals surface area contributed by atoms with Gasteiger partial charge in [-0.1, -0.05) is 0 Å². The summed E-state index contributed by atoms with van der Waals surface area (Å²) in [7, 11) is 1.66. The Hall–Kier alpha value is -2.32. The molecule has 152 valence electrons. The Labute approximate surface area is 165 Å². The van der Waals surface area contributed by atoms with E-state index >= 15 is 0 Å². The topological polar surface area (TPSA) is 82.4 Å². The molecule has 2 aromatic heterocycles. The van der Waals surface area contributed by atoms with E-state index in [0.29, 0.717) is 32.3 Å². The van der Waals surface area contributed by atoms with E-state index in [1.807, 2.05) is 31.1 Å². The van der Waals surface area contributed by atoms with Crippen LogP contribution in [0.1, 0.15) is 41.4 Å². The number of hydrogen-bond donors (Lipinski definition) is 0. The van der Waals surface area contributed by atoms with Gasteiger partial charge >= 0.3 is 0 Å². The van der Waals surface area contributed by atoms with E-state index in [1.165, 1.54) is 0 Å². The molecule has 1 saturated heterocycles. The van der Waals surface area contributed by atoms with Gasteiger partial charge in [-0.2, -0.15) is 5.10 Å². The number of rotatable bonds is 8. The zero-order chi connectivity index (χ0) is 19.9. The molecular formula is C20H29N5O3. The fourth-order valence-corrected chi connectivity index (χ4v) is 3.50. The molecule has 0 aromatic carbocycles. The van der Waals surface area contributed by atoms with Gasteiger partial charge in [0, 0.05) is 44.1 Å². The smallest absolute Gasteiger partial charge is 0.244 e. The maximum absolute atomic E-state index is 12.6. The van der Waals surface area contributed by atoms with Gasteiger partial charge in [0.1, 0.15) is 12.4 Å². The minimum atomic E-state index is 0.114. The molecule has 1 fully saturated rings. The molecule has 2 aromatic rings. The monoisotopic (exact) mass is 387 g/mol. The fourth-order valence-electron chi connectivity index (χ4n) is 3.50. The number of aryl methyl sites for hydroxylation is 2. The van der Waals surface area contributed by atoms with Gasteiger partial charge in [-0.3, -0.25) is 9.48 Å². The van der Waals surface area contributed by atoms with E-state index in [2.05, 4.69) is 10.1 Å². The Balaban J connectivity index is 1.57. The number of carbonyl (C=O) groups excluding carboxylic acids is 1. The minimum Gasteiger partial charge on any atom is -0.382 e. The number of carbonyl (C=O) groups is 1. The first kappa shape index (κ1) is 20.4. The summed E-state index contributed by atoms with van der Waals surface area (Å²) < 4.78 is 12.4. The van der Waals surface area contributed by atoms with Crippen molar-refractivity contribution in [1.29, 1.82) is 0 Å². The van der Waals surface area contributed by atoms with Gasteiger partial charge in [-0.15, -0.1) is 0 Å². The SMILES string of the molecule is COCCOCc1cnc(C)nc1C1CCN(C(=O)Cn2cc(C)cn2)CC1. The number of ether oxygens (including phenoxy) is 2. The summed E-state index contributed by atoms with van der Waals surface area (Å²) in [4.78, 5) is 23.5. The summed E-state index contributed by atoms with van der Waals surface area (Å²) in [5.74, 6) is 1.20. The molecule has 8 heteroatoms. The Kier molecular flexibility index (Phi) is 7.11. The quantitative estimate of drug-likeness (QED) is 0.643. The standard InChI is InChI=1S/C20H29N5O3/c1-15-10-22-25(12-15)13-19(26)24-6-4-17(5-7-24)20-18(11-21-16(2)23-20)14-28-9-8-27-3/h10-12,17H,4-9,13-14H2,1-3H3. The van der Waals surface area contributed by atoms with Crippen LogP contribution >= 0.6 is 0 Å². The Morgan fingerprint density at radius 1 is 1.21 bits per heavy atom. The molecule has 0 saturated carbocycles. The molecule has 0 atom stereocenters. The number of likely N-dealkylation sites (tertiary alicyclic amines) is 1. The van der Waals surface area contributed by atoms with Gasteiger partial charge in [0.2, 0.25) is 5.91 Å². The third kappa shape index (κ3) is 5.36. The normalized spacial score (nSPS) is 15.2. The van der Waals surface area contributed by atoms with Crippen LogP contribution in [0.2, 0.25) is 0 Å². The Bertz CT molecular complexity index is 784. The molecule has 1 aliphatic rings. The van der Waals surface area contributed by atoms with E-state index in [-0.39, 0.29) is 5.91 Å². The predicted octanol–water partition coefficient (Wildman–Crippen LogP) is 1.86. The highest BCUT2D eigenvalue weighted by molar-refractivity contribution is 5.76. The van der Waals surface area contributed by atoms with Crippen LogP contribution in [0.3, 0.4) is 0 Å². The maximum Gasteiger partial charge on any atom is 0.244 e. The van der Waals surface area contributed by atoms with Crippen LogP contribution in [0.15, 0.2) is 18.6 Å². The highest BCUT2D eigenvalue weighted by Crippen LogP contribution is 2.29. The Morgan fingerprint density at radius 2 is 2.00 bits per heavy atom. The second-order valence-corrected chi connectivity index (χ2v) is 7.24. The molecule has 3 heterocycles. The van der Waals surface area contributed by atoms with Crippen molar-refractivity contribution in [3.63, 3.8) is 0 Å². The molecule has 0 radical (unpaired) electrons. The number of nitrogens with zero attached hydrogens (tertiary/aromatic N) is 5. The molecule has 0 bridgehead atoms. The summed E-state index contributed by atoms with van der Waals surface area (Å²) in [6.45, 7) is 7.24. The van der Waals surface area contributed by atoms with Gasteiger partial charge in [-0.05, 0) is 32.3 Å². The van der Waals surface area contributed by atoms with Gasteiger partial charge in [-0.25, -0.2) is 9.97 Å². The second-order valence-electron chi connectivity index (χ2n) is 7.24. The summed E-state index contributed by atoms with van der Waals surface area (Å²) in [6.07, 6.45) is 7.32. The third-order valence-electron chi connectivity index (χ3n) is 5.00. The molecule has 0 spiro atoms. The van der Waals surface area contributed by atoms with Crippen molar-refractivity contribution in [1.82, 2.24) is 24.6 Å². The van der Waals surface area contributed by atoms with Crippen LogP contribution in [0, 0.1) is 13.8 Å². The highest BCUT2D eigenvalue weighted by atomic mass is 16.5. The van der Waals surface area contributed by atoms with E-state index in [4.69, 9.17) is 14.5 Å². The van der Waals surface area contributed by atoms with Crippen molar-refractivity contribution in [3.05, 3.63) is 41.2 Å². The lowest BCUT2D eigenvalue weighted by Crippen LogP contribution is -2.40. The predicted molar refractivity (Wildman–Crippen MR) is 104 cm³/mol. The van der Waals surface area contributed by atoms with Crippen LogP contribution in [0.25, 0.3) is 0 Å². The van der Waals surface area contributed by atoms with Crippen LogP contribution < -0.4 is 0 Å². The van der Waals surface area contributed by atoms with Crippen LogP contribution in [-0.4, -0.2) is 64.0 Å². The molecule has 1 aliphatic heterocycles. The molecule has 0 aliphatic carbocycles. The van der Waals surface area contributed by atoms with Crippen molar-refractivity contribution in [2.45, 2.75) is 45.8 Å². The van der Waals surface area contributed by atoms with Crippen LogP contribution in [0.4, 0.5) is 0 Å². The van der Waals surface area contributed by atoms with Crippen molar-refractivity contribution in [2.75, 3.05) is 33.4 Å². The van der Waals surface area contributed by atoms with Crippen LogP contribution in [-0.2, 0) is 27.4 Å². The molecule has 3 rings (SSSR count). The number of methoxy groups -OCH3 is 1. The summed E-state index contributed by atoms with van der Waals surface area (Å²) in [5, 5.41) is 4.21. The van der Waals surface area contributed by atoms with E-state index in [1.54, 1.807) is 18.0 Å². The van der Waals surface area contributed by atoms with Crippen molar-refractivity contribution in [3.8, 4) is 0 Å². The fraction of sp³-hybridized carbons (Fsp3) is 0.600. The number of hydrogen-bond acceptors (Lipinski definition) is 6. The number of amides is 1. The molecule has 1 amide bonds. The molecule has 28 heavy (non-hydrogen) atoms. The largest absolute Gasteiger partial charge is 0.382 e. The number of aromatic nitrogens is 4. The Morgan fingerprint density at radius 3 is 2.68 bits per heavy atom. The van der Waals surface area contributed by atoms with E-state index < -0.39 is 0 Å². The van der Waals surface area contributed by atoms with Gasteiger partial charge in [0.05, 0.1) is 31.7 Å². The summed E-state index contributed by atoms with van der Waals surface area (Å²) in [5.41, 5.74) is 3.14. The summed E-state index contributed by atoms with van der Waals surface area (Å²) >= 11 is 0. The maximum atomic E-state index is 12.6. The lowest BCUT2D eigenvalue weighted by Gasteiger charge is -2.32. The van der Waals surface area contributed by atoms with E-state index in [9.17, 15) is 4.79 Å². The second kappa shape index (κ2) is 9.75. The highest BCUT2D eigenvalue weighted by Gasteiger charge is 2.26. The molecular weight excluding hydrogens is 358 g/mol. The summed E-state index contributed by atoms with van der Waals surface area (Å²) in [6, 6.07) is 0. The zero-order valence-electron chi connectivity index (χ0n) is 16.9. The third-order valence-corrected chi connectivity index (χ3v) is 5.00. The molecule has 0 unspecified atom stereocenters. The lowest BCUT2D eigenvalue weighted by molar-refractivity contribution is -0.133. The van der Waals surface area contributed by atoms with Crippen molar-refractivity contribution >= 4 is 5.91 Å². The van der Waals surface area contributed by atoms with Crippen LogP contribution in [0.5, 0.6) is 0 Å².